The minimum absolute atomic E-state index is 0. The first-order chi connectivity index (χ1) is 16.7. The van der Waals surface area contributed by atoms with Crippen LogP contribution in [0.3, 0.4) is 0 Å². The molecule has 7 heteroatoms. The van der Waals surface area contributed by atoms with Crippen LogP contribution >= 0.6 is 12.4 Å². The molecule has 0 aliphatic rings. The highest BCUT2D eigenvalue weighted by molar-refractivity contribution is 5.91. The number of phenolic OH excluding ortho intramolecular Hbond substituents is 1. The monoisotopic (exact) mass is 488 g/mol. The molecule has 1 heterocycles. The minimum Gasteiger partial charge on any atom is -0.504 e. The summed E-state index contributed by atoms with van der Waals surface area (Å²) in [6, 6.07) is 23.8. The predicted octanol–water partition coefficient (Wildman–Crippen LogP) is 5.43. The summed E-state index contributed by atoms with van der Waals surface area (Å²) in [5, 5.41) is 27.1. The first-order valence-corrected chi connectivity index (χ1v) is 11.3. The summed E-state index contributed by atoms with van der Waals surface area (Å²) in [6.45, 7) is 2.23. The number of nitrogens with one attached hydrogen (secondary N) is 2. The molecule has 0 aliphatic heterocycles. The fourth-order valence-electron chi connectivity index (χ4n) is 3.93. The van der Waals surface area contributed by atoms with Crippen molar-refractivity contribution in [3.63, 3.8) is 0 Å². The van der Waals surface area contributed by atoms with Crippen molar-refractivity contribution in [1.82, 2.24) is 10.3 Å². The number of hydrogen-bond donors (Lipinski definition) is 3. The number of aromatic nitrogens is 1. The lowest BCUT2D eigenvalue weighted by atomic mass is 10.0. The van der Waals surface area contributed by atoms with Gasteiger partial charge in [0.05, 0.1) is 24.3 Å². The molecule has 180 valence electrons. The number of hydrogen-bond acceptors (Lipinski definition) is 6. The van der Waals surface area contributed by atoms with Crippen LogP contribution in [0.2, 0.25) is 0 Å². The van der Waals surface area contributed by atoms with Gasteiger partial charge in [0.25, 0.3) is 0 Å². The second kappa shape index (κ2) is 12.6. The molecule has 0 saturated heterocycles. The number of nitrogens with zero attached hydrogens (tertiary/aromatic N) is 2. The van der Waals surface area contributed by atoms with E-state index in [1.807, 2.05) is 48.7 Å². The molecule has 3 N–H and O–H groups in total. The predicted molar refractivity (Wildman–Crippen MR) is 142 cm³/mol. The molecule has 0 saturated carbocycles. The summed E-state index contributed by atoms with van der Waals surface area (Å²) >= 11 is 0. The van der Waals surface area contributed by atoms with Crippen LogP contribution in [0, 0.1) is 11.3 Å². The van der Waals surface area contributed by atoms with E-state index in [1.165, 1.54) is 11.1 Å². The minimum atomic E-state index is 0. The Labute approximate surface area is 212 Å². The molecule has 0 atom stereocenters. The Hall–Kier alpha value is -3.79. The molecule has 0 bridgehead atoms. The number of fused-ring (bicyclic) bond motifs is 1. The molecule has 0 amide bonds. The van der Waals surface area contributed by atoms with Crippen molar-refractivity contribution in [2.24, 2.45) is 0 Å². The van der Waals surface area contributed by atoms with E-state index < -0.39 is 0 Å². The van der Waals surface area contributed by atoms with Crippen molar-refractivity contribution in [1.29, 1.82) is 5.26 Å². The number of methoxy groups -OCH3 is 1. The molecule has 0 aliphatic carbocycles. The lowest BCUT2D eigenvalue weighted by Crippen LogP contribution is -2.17. The van der Waals surface area contributed by atoms with E-state index in [2.05, 4.69) is 39.9 Å². The van der Waals surface area contributed by atoms with Gasteiger partial charge < -0.3 is 20.5 Å². The highest BCUT2D eigenvalue weighted by Crippen LogP contribution is 2.29. The van der Waals surface area contributed by atoms with E-state index in [0.717, 1.165) is 48.1 Å². The molecule has 4 rings (SSSR count). The van der Waals surface area contributed by atoms with Gasteiger partial charge in [-0.1, -0.05) is 36.4 Å². The number of phenols is 1. The molecule has 0 radical (unpaired) electrons. The third kappa shape index (κ3) is 6.63. The number of nitriles is 1. The molecule has 0 fully saturated rings. The van der Waals surface area contributed by atoms with Crippen LogP contribution in [0.25, 0.3) is 10.9 Å². The third-order valence-corrected chi connectivity index (χ3v) is 5.76. The second-order valence-electron chi connectivity index (χ2n) is 8.12. The van der Waals surface area contributed by atoms with Crippen LogP contribution < -0.4 is 15.4 Å². The smallest absolute Gasteiger partial charge is 0.162 e. The quantitative estimate of drug-likeness (QED) is 0.258. The Balaban J connectivity index is 0.00000342. The summed E-state index contributed by atoms with van der Waals surface area (Å²) in [6.07, 6.45) is 3.57. The summed E-state index contributed by atoms with van der Waals surface area (Å²) in [7, 11) is 1.55. The van der Waals surface area contributed by atoms with Gasteiger partial charge in [0.1, 0.15) is 0 Å². The molecule has 0 spiro atoms. The number of aromatic hydroxyl groups is 1. The fraction of sp³-hybridized carbons (Fsp3) is 0.214. The molecular weight excluding hydrogens is 460 g/mol. The normalized spacial score (nSPS) is 10.4. The van der Waals surface area contributed by atoms with Crippen LogP contribution in [0.5, 0.6) is 11.5 Å². The molecular formula is C28H29ClN4O2. The average Bonchev–Trinajstić information content (AvgIpc) is 2.87. The maximum Gasteiger partial charge on any atom is 0.162 e. The molecule has 3 aromatic carbocycles. The zero-order valence-electron chi connectivity index (χ0n) is 19.6. The molecule has 35 heavy (non-hydrogen) atoms. The van der Waals surface area contributed by atoms with Crippen molar-refractivity contribution in [3.05, 3.63) is 95.2 Å². The van der Waals surface area contributed by atoms with Gasteiger partial charge in [-0.25, -0.2) is 0 Å². The van der Waals surface area contributed by atoms with Crippen molar-refractivity contribution in [3.8, 4) is 17.6 Å². The maximum atomic E-state index is 10.2. The van der Waals surface area contributed by atoms with E-state index in [0.29, 0.717) is 17.9 Å². The number of rotatable bonds is 10. The summed E-state index contributed by atoms with van der Waals surface area (Å²) in [4.78, 5) is 4.56. The lowest BCUT2D eigenvalue weighted by Gasteiger charge is -2.12. The number of anilines is 1. The molecule has 6 nitrogen and oxygen atoms in total. The van der Waals surface area contributed by atoms with Crippen LogP contribution in [0.1, 0.15) is 28.7 Å². The molecule has 4 aromatic rings. The van der Waals surface area contributed by atoms with Crippen LogP contribution in [-0.2, 0) is 13.0 Å². The highest BCUT2D eigenvalue weighted by Gasteiger charge is 2.07. The standard InChI is InChI=1S/C28H28N4O2.ClH/c1-34-27-5-2-4-23(28(27)33)19-30-13-3-14-31-25-12-15-32-26-17-22(10-11-24(25)26)16-20-6-8-21(18-29)9-7-20;/h2,4-12,15,17,30,33H,3,13-14,16,19H2,1H3,(H,31,32);1H. The first-order valence-electron chi connectivity index (χ1n) is 11.3. The summed E-state index contributed by atoms with van der Waals surface area (Å²) in [5.74, 6) is 0.683. The Kier molecular flexibility index (Phi) is 9.31. The number of ether oxygens (including phenoxy) is 1. The molecule has 0 unspecified atom stereocenters. The van der Waals surface area contributed by atoms with Crippen molar-refractivity contribution in [2.45, 2.75) is 19.4 Å². The fourth-order valence-corrected chi connectivity index (χ4v) is 3.93. The topological polar surface area (TPSA) is 90.2 Å². The molecule has 1 aromatic heterocycles. The van der Waals surface area contributed by atoms with E-state index >= 15 is 0 Å². The maximum absolute atomic E-state index is 10.2. The van der Waals surface area contributed by atoms with Gasteiger partial charge in [0, 0.05) is 35.9 Å². The van der Waals surface area contributed by atoms with Gasteiger partial charge in [-0.2, -0.15) is 5.26 Å². The van der Waals surface area contributed by atoms with Crippen LogP contribution in [0.15, 0.2) is 72.9 Å². The van der Waals surface area contributed by atoms with Crippen molar-refractivity contribution in [2.75, 3.05) is 25.5 Å². The Morgan fingerprint density at radius 3 is 2.57 bits per heavy atom. The van der Waals surface area contributed by atoms with Gasteiger partial charge in [0.15, 0.2) is 11.5 Å². The van der Waals surface area contributed by atoms with Gasteiger partial charge in [-0.05, 0) is 60.8 Å². The highest BCUT2D eigenvalue weighted by atomic mass is 35.5. The average molecular weight is 489 g/mol. The van der Waals surface area contributed by atoms with E-state index in [4.69, 9.17) is 10.00 Å². The van der Waals surface area contributed by atoms with E-state index in [-0.39, 0.29) is 18.2 Å². The Morgan fingerprint density at radius 1 is 1.00 bits per heavy atom. The van der Waals surface area contributed by atoms with Gasteiger partial charge in [-0.3, -0.25) is 4.98 Å². The van der Waals surface area contributed by atoms with Crippen molar-refractivity contribution >= 4 is 29.0 Å². The summed E-state index contributed by atoms with van der Waals surface area (Å²) in [5.41, 5.74) is 5.88. The van der Waals surface area contributed by atoms with Gasteiger partial charge in [-0.15, -0.1) is 12.4 Å². The van der Waals surface area contributed by atoms with Crippen molar-refractivity contribution < 1.29 is 9.84 Å². The number of pyridine rings is 1. The zero-order chi connectivity index (χ0) is 23.8. The van der Waals surface area contributed by atoms with Gasteiger partial charge >= 0.3 is 0 Å². The summed E-state index contributed by atoms with van der Waals surface area (Å²) < 4.78 is 5.16. The lowest BCUT2D eigenvalue weighted by molar-refractivity contribution is 0.369. The first kappa shape index (κ1) is 25.8. The SMILES string of the molecule is COc1cccc(CNCCCNc2ccnc3cc(Cc4ccc(C#N)cc4)ccc23)c1O.Cl. The largest absolute Gasteiger partial charge is 0.504 e. The second-order valence-corrected chi connectivity index (χ2v) is 8.12. The third-order valence-electron chi connectivity index (χ3n) is 5.76. The van der Waals surface area contributed by atoms with Crippen LogP contribution in [0.4, 0.5) is 5.69 Å². The zero-order valence-corrected chi connectivity index (χ0v) is 20.4. The Bertz CT molecular complexity index is 1300. The van der Waals surface area contributed by atoms with Gasteiger partial charge in [0.2, 0.25) is 0 Å². The van der Waals surface area contributed by atoms with Crippen LogP contribution in [-0.4, -0.2) is 30.3 Å². The van der Waals surface area contributed by atoms with E-state index in [9.17, 15) is 5.11 Å². The number of para-hydroxylation sites is 1. The Morgan fingerprint density at radius 2 is 1.80 bits per heavy atom. The number of halogens is 1. The number of benzene rings is 3. The van der Waals surface area contributed by atoms with E-state index in [1.54, 1.807) is 13.2 Å².